The van der Waals surface area contributed by atoms with E-state index in [4.69, 9.17) is 0 Å². The predicted molar refractivity (Wildman–Crippen MR) is 107 cm³/mol. The molecule has 3 fully saturated rings. The van der Waals surface area contributed by atoms with Crippen LogP contribution in [-0.4, -0.2) is 35.1 Å². The molecular weight excluding hydrogens is 322 g/mol. The van der Waals surface area contributed by atoms with Gasteiger partial charge in [0.2, 0.25) is 0 Å². The number of amides is 2. The Morgan fingerprint density at radius 1 is 0.962 bits per heavy atom. The summed E-state index contributed by atoms with van der Waals surface area (Å²) in [6.07, 6.45) is 10.4. The molecule has 1 aromatic rings. The van der Waals surface area contributed by atoms with Gasteiger partial charge < -0.3 is 10.6 Å². The maximum Gasteiger partial charge on any atom is 0.319 e. The normalized spacial score (nSPS) is 29.3. The molecule has 4 nitrogen and oxygen atoms in total. The lowest BCUT2D eigenvalue weighted by Crippen LogP contribution is -2.53. The summed E-state index contributed by atoms with van der Waals surface area (Å²) in [5.41, 5.74) is 2.17. The van der Waals surface area contributed by atoms with Crippen molar-refractivity contribution in [3.05, 3.63) is 29.8 Å². The number of carbonyl (C=O) groups is 1. The lowest BCUT2D eigenvalue weighted by Gasteiger charge is -2.42. The summed E-state index contributed by atoms with van der Waals surface area (Å²) in [5, 5.41) is 6.25. The number of carbonyl (C=O) groups excluding carboxylic acids is 1. The van der Waals surface area contributed by atoms with Gasteiger partial charge in [0.25, 0.3) is 0 Å². The molecule has 0 aromatic heterocycles. The lowest BCUT2D eigenvalue weighted by atomic mass is 9.95. The van der Waals surface area contributed by atoms with Crippen LogP contribution in [-0.2, 0) is 0 Å². The molecule has 4 rings (SSSR count). The first kappa shape index (κ1) is 17.8. The third-order valence-electron chi connectivity index (χ3n) is 6.71. The second kappa shape index (κ2) is 7.59. The number of rotatable bonds is 4. The summed E-state index contributed by atoms with van der Waals surface area (Å²) >= 11 is 0. The fourth-order valence-electron chi connectivity index (χ4n) is 5.43. The Labute approximate surface area is 157 Å². The first-order valence-corrected chi connectivity index (χ1v) is 10.5. The fourth-order valence-corrected chi connectivity index (χ4v) is 5.43. The lowest BCUT2D eigenvalue weighted by molar-refractivity contribution is 0.0747. The molecule has 3 aliphatic rings. The van der Waals surface area contributed by atoms with E-state index in [-0.39, 0.29) is 6.03 Å². The number of nitrogens with zero attached hydrogens (tertiary/aromatic N) is 1. The highest BCUT2D eigenvalue weighted by molar-refractivity contribution is 5.89. The Hall–Kier alpha value is -1.55. The highest BCUT2D eigenvalue weighted by Crippen LogP contribution is 2.41. The maximum absolute atomic E-state index is 12.4. The van der Waals surface area contributed by atoms with Crippen LogP contribution in [0.4, 0.5) is 10.5 Å². The number of nitrogens with one attached hydrogen (secondary N) is 2. The molecule has 2 bridgehead atoms. The number of hydrogen-bond donors (Lipinski definition) is 2. The maximum atomic E-state index is 12.4. The molecule has 4 heteroatoms. The van der Waals surface area contributed by atoms with Crippen molar-refractivity contribution in [2.24, 2.45) is 0 Å². The summed E-state index contributed by atoms with van der Waals surface area (Å²) in [5.74, 6) is 0.512. The van der Waals surface area contributed by atoms with Crippen molar-refractivity contribution in [1.29, 1.82) is 0 Å². The van der Waals surface area contributed by atoms with Crippen LogP contribution >= 0.6 is 0 Å². The Bertz CT molecular complexity index is 607. The third-order valence-corrected chi connectivity index (χ3v) is 6.71. The number of benzene rings is 1. The third kappa shape index (κ3) is 3.75. The standard InChI is InChI=1S/C22H33N3O/c1-15(2)16-7-9-17(10-8-16)23-22(26)24-18-13-20-11-12-21(14-18)25(20)19-5-3-4-6-19/h7-10,15,18-21H,3-6,11-14H2,1-2H3,(H2,23,24,26)/t20-,21-/m1/s1. The smallest absolute Gasteiger partial charge is 0.319 e. The van der Waals surface area contributed by atoms with Crippen molar-refractivity contribution >= 4 is 11.7 Å². The van der Waals surface area contributed by atoms with Crippen molar-refractivity contribution in [3.63, 3.8) is 0 Å². The largest absolute Gasteiger partial charge is 0.335 e. The van der Waals surface area contributed by atoms with Gasteiger partial charge >= 0.3 is 6.03 Å². The highest BCUT2D eigenvalue weighted by atomic mass is 16.2. The number of anilines is 1. The van der Waals surface area contributed by atoms with Crippen molar-refractivity contribution in [2.75, 3.05) is 5.32 Å². The van der Waals surface area contributed by atoms with Gasteiger partial charge in [-0.25, -0.2) is 4.79 Å². The van der Waals surface area contributed by atoms with E-state index in [9.17, 15) is 4.79 Å². The van der Waals surface area contributed by atoms with E-state index in [1.165, 1.54) is 44.1 Å². The zero-order chi connectivity index (χ0) is 18.1. The minimum atomic E-state index is -0.0546. The minimum absolute atomic E-state index is 0.0546. The molecule has 26 heavy (non-hydrogen) atoms. The van der Waals surface area contributed by atoms with E-state index < -0.39 is 0 Å². The van der Waals surface area contributed by atoms with Crippen LogP contribution in [0.3, 0.4) is 0 Å². The second-order valence-electron chi connectivity index (χ2n) is 8.81. The SMILES string of the molecule is CC(C)c1ccc(NC(=O)NC2C[C@H]3CC[C@H](C2)N3C2CCCC2)cc1. The van der Waals surface area contributed by atoms with Crippen LogP contribution in [0.25, 0.3) is 0 Å². The monoisotopic (exact) mass is 355 g/mol. The Balaban J connectivity index is 1.30. The molecule has 1 saturated carbocycles. The molecule has 1 aliphatic carbocycles. The van der Waals surface area contributed by atoms with E-state index in [1.807, 2.05) is 12.1 Å². The van der Waals surface area contributed by atoms with Crippen LogP contribution in [0, 0.1) is 0 Å². The van der Waals surface area contributed by atoms with E-state index in [0.29, 0.717) is 24.0 Å². The average molecular weight is 356 g/mol. The van der Waals surface area contributed by atoms with Gasteiger partial charge in [0, 0.05) is 29.9 Å². The summed E-state index contributed by atoms with van der Waals surface area (Å²) < 4.78 is 0. The van der Waals surface area contributed by atoms with E-state index in [1.54, 1.807) is 0 Å². The molecule has 2 aliphatic heterocycles. The zero-order valence-corrected chi connectivity index (χ0v) is 16.2. The van der Waals surface area contributed by atoms with Crippen molar-refractivity contribution in [1.82, 2.24) is 10.2 Å². The zero-order valence-electron chi connectivity index (χ0n) is 16.2. The van der Waals surface area contributed by atoms with Crippen molar-refractivity contribution in [2.45, 2.75) is 95.3 Å². The average Bonchev–Trinajstić information content (AvgIpc) is 3.21. The summed E-state index contributed by atoms with van der Waals surface area (Å²) in [4.78, 5) is 15.3. The van der Waals surface area contributed by atoms with Crippen molar-refractivity contribution < 1.29 is 4.79 Å². The number of piperidine rings is 1. The van der Waals surface area contributed by atoms with Gasteiger partial charge in [-0.1, -0.05) is 38.8 Å². The van der Waals surface area contributed by atoms with E-state index in [0.717, 1.165) is 24.6 Å². The molecule has 2 amide bonds. The summed E-state index contributed by atoms with van der Waals surface area (Å²) in [6, 6.07) is 10.7. The van der Waals surface area contributed by atoms with Gasteiger partial charge in [-0.15, -0.1) is 0 Å². The fraction of sp³-hybridized carbons (Fsp3) is 0.682. The molecule has 142 valence electrons. The molecule has 0 unspecified atom stereocenters. The molecule has 1 aromatic carbocycles. The molecule has 0 radical (unpaired) electrons. The number of fused-ring (bicyclic) bond motifs is 2. The van der Waals surface area contributed by atoms with Gasteiger partial charge in [-0.05, 0) is 62.1 Å². The minimum Gasteiger partial charge on any atom is -0.335 e. The number of hydrogen-bond acceptors (Lipinski definition) is 2. The second-order valence-corrected chi connectivity index (χ2v) is 8.81. The van der Waals surface area contributed by atoms with Gasteiger partial charge in [-0.2, -0.15) is 0 Å². The van der Waals surface area contributed by atoms with Gasteiger partial charge in [-0.3, -0.25) is 4.90 Å². The summed E-state index contributed by atoms with van der Waals surface area (Å²) in [7, 11) is 0. The van der Waals surface area contributed by atoms with Crippen LogP contribution in [0.15, 0.2) is 24.3 Å². The first-order valence-electron chi connectivity index (χ1n) is 10.5. The number of urea groups is 1. The van der Waals surface area contributed by atoms with Crippen molar-refractivity contribution in [3.8, 4) is 0 Å². The van der Waals surface area contributed by atoms with E-state index in [2.05, 4.69) is 41.5 Å². The topological polar surface area (TPSA) is 44.4 Å². The molecule has 0 spiro atoms. The van der Waals surface area contributed by atoms with E-state index >= 15 is 0 Å². The Morgan fingerprint density at radius 3 is 2.15 bits per heavy atom. The predicted octanol–water partition coefficient (Wildman–Crippen LogP) is 4.87. The van der Waals surface area contributed by atoms with Crippen LogP contribution in [0.5, 0.6) is 0 Å². The molecular formula is C22H33N3O. The van der Waals surface area contributed by atoms with Crippen LogP contribution < -0.4 is 10.6 Å². The molecule has 2 atom stereocenters. The summed E-state index contributed by atoms with van der Waals surface area (Å²) in [6.45, 7) is 4.36. The Kier molecular flexibility index (Phi) is 5.21. The van der Waals surface area contributed by atoms with Gasteiger partial charge in [0.05, 0.1) is 0 Å². The first-order chi connectivity index (χ1) is 12.6. The van der Waals surface area contributed by atoms with Crippen LogP contribution in [0.2, 0.25) is 0 Å². The van der Waals surface area contributed by atoms with Gasteiger partial charge in [0.1, 0.15) is 0 Å². The molecule has 2 heterocycles. The molecule has 2 saturated heterocycles. The van der Waals surface area contributed by atoms with Crippen LogP contribution in [0.1, 0.15) is 76.7 Å². The quantitative estimate of drug-likeness (QED) is 0.809. The van der Waals surface area contributed by atoms with Gasteiger partial charge in [0.15, 0.2) is 0 Å². The molecule has 2 N–H and O–H groups in total. The highest BCUT2D eigenvalue weighted by Gasteiger charge is 2.44. The Morgan fingerprint density at radius 2 is 1.58 bits per heavy atom.